The molecule has 4 rings (SSSR count). The van der Waals surface area contributed by atoms with Crippen LogP contribution in [0.3, 0.4) is 0 Å². The Hall–Kier alpha value is -1.70. The fraction of sp³-hybridized carbons (Fsp3) is 0.667. The van der Waals surface area contributed by atoms with Crippen LogP contribution in [-0.4, -0.2) is 63.3 Å². The summed E-state index contributed by atoms with van der Waals surface area (Å²) in [4.78, 5) is 12.4. The molecule has 0 amide bonds. The van der Waals surface area contributed by atoms with Crippen LogP contribution in [-0.2, 0) is 17.8 Å². The molecular formula is C18H27N5O2. The number of likely N-dealkylation sites (tertiary alicyclic amines) is 1. The summed E-state index contributed by atoms with van der Waals surface area (Å²) < 4.78 is 11.3. The van der Waals surface area contributed by atoms with Gasteiger partial charge in [-0.05, 0) is 26.7 Å². The molecule has 7 nitrogen and oxygen atoms in total. The Morgan fingerprint density at radius 2 is 2.04 bits per heavy atom. The van der Waals surface area contributed by atoms with Gasteiger partial charge in [-0.25, -0.2) is 4.98 Å². The first-order valence-electron chi connectivity index (χ1n) is 9.10. The Morgan fingerprint density at radius 3 is 2.72 bits per heavy atom. The molecule has 136 valence electrons. The average molecular weight is 345 g/mol. The summed E-state index contributed by atoms with van der Waals surface area (Å²) in [6.07, 6.45) is 5.92. The Bertz CT molecular complexity index is 669. The van der Waals surface area contributed by atoms with E-state index < -0.39 is 0 Å². The van der Waals surface area contributed by atoms with E-state index in [2.05, 4.69) is 24.9 Å². The minimum Gasteiger partial charge on any atom is -0.378 e. The third-order valence-corrected chi connectivity index (χ3v) is 5.81. The molecule has 2 saturated heterocycles. The van der Waals surface area contributed by atoms with Gasteiger partial charge in [-0.2, -0.15) is 0 Å². The first-order chi connectivity index (χ1) is 12.2. The number of imidazole rings is 1. The van der Waals surface area contributed by atoms with Gasteiger partial charge in [-0.15, -0.1) is 0 Å². The molecule has 2 aliphatic rings. The number of aromatic amines is 1. The Labute approximate surface area is 148 Å². The van der Waals surface area contributed by atoms with Gasteiger partial charge in [0.15, 0.2) is 0 Å². The van der Waals surface area contributed by atoms with Crippen LogP contribution in [0.2, 0.25) is 0 Å². The van der Waals surface area contributed by atoms with Crippen molar-refractivity contribution in [2.24, 2.45) is 0 Å². The zero-order chi connectivity index (χ0) is 17.3. The van der Waals surface area contributed by atoms with Crippen LogP contribution < -0.4 is 0 Å². The van der Waals surface area contributed by atoms with Crippen molar-refractivity contribution in [3.63, 3.8) is 0 Å². The highest BCUT2D eigenvalue weighted by molar-refractivity contribution is 5.21. The van der Waals surface area contributed by atoms with Crippen LogP contribution in [0.25, 0.3) is 0 Å². The van der Waals surface area contributed by atoms with Crippen LogP contribution >= 0.6 is 0 Å². The molecule has 0 aliphatic carbocycles. The molecule has 0 radical (unpaired) electrons. The maximum Gasteiger partial charge on any atom is 0.138 e. The maximum absolute atomic E-state index is 5.90. The van der Waals surface area contributed by atoms with E-state index in [-0.39, 0.29) is 5.54 Å². The number of ether oxygens (including phenoxy) is 1. The topological polar surface area (TPSA) is 70.4 Å². The summed E-state index contributed by atoms with van der Waals surface area (Å²) in [6.45, 7) is 10.7. The van der Waals surface area contributed by atoms with E-state index in [4.69, 9.17) is 9.26 Å². The molecule has 0 saturated carbocycles. The number of nitrogens with zero attached hydrogens (tertiary/aromatic N) is 4. The molecule has 0 atom stereocenters. The van der Waals surface area contributed by atoms with Gasteiger partial charge in [-0.3, -0.25) is 9.80 Å². The van der Waals surface area contributed by atoms with Gasteiger partial charge in [0.1, 0.15) is 5.76 Å². The van der Waals surface area contributed by atoms with E-state index in [0.29, 0.717) is 0 Å². The van der Waals surface area contributed by atoms with Crippen molar-refractivity contribution in [3.8, 4) is 0 Å². The second kappa shape index (κ2) is 6.90. The second-order valence-electron chi connectivity index (χ2n) is 7.35. The van der Waals surface area contributed by atoms with Gasteiger partial charge in [0.05, 0.1) is 25.2 Å². The monoisotopic (exact) mass is 345 g/mol. The molecule has 4 heterocycles. The van der Waals surface area contributed by atoms with Gasteiger partial charge in [0, 0.05) is 55.7 Å². The second-order valence-corrected chi connectivity index (χ2v) is 7.35. The van der Waals surface area contributed by atoms with Gasteiger partial charge in [-0.1, -0.05) is 5.16 Å². The van der Waals surface area contributed by atoms with Crippen LogP contribution in [0.15, 0.2) is 17.0 Å². The fourth-order valence-corrected chi connectivity index (χ4v) is 4.13. The van der Waals surface area contributed by atoms with E-state index in [0.717, 1.165) is 70.2 Å². The first kappa shape index (κ1) is 16.8. The summed E-state index contributed by atoms with van der Waals surface area (Å²) in [5.74, 6) is 0.941. The maximum atomic E-state index is 5.90. The van der Waals surface area contributed by atoms with Crippen molar-refractivity contribution >= 4 is 0 Å². The predicted octanol–water partition coefficient (Wildman–Crippen LogP) is 1.88. The standard InChI is InChI=1S/C18H27N5O2/c1-14-17(15(2)25-21-14)11-23-7-8-24-12-18(23)3-5-22(6-4-18)10-16-9-19-13-20-16/h9,13H,3-8,10-12H2,1-2H3,(H,19,20). The molecule has 0 unspecified atom stereocenters. The number of morpholine rings is 1. The lowest BCUT2D eigenvalue weighted by atomic mass is 9.85. The van der Waals surface area contributed by atoms with E-state index in [9.17, 15) is 0 Å². The largest absolute Gasteiger partial charge is 0.378 e. The third-order valence-electron chi connectivity index (χ3n) is 5.81. The lowest BCUT2D eigenvalue weighted by Gasteiger charge is -2.51. The predicted molar refractivity (Wildman–Crippen MR) is 93.0 cm³/mol. The van der Waals surface area contributed by atoms with Crippen molar-refractivity contribution in [2.45, 2.75) is 45.3 Å². The molecule has 2 fully saturated rings. The first-order valence-corrected chi connectivity index (χ1v) is 9.10. The lowest BCUT2D eigenvalue weighted by Crippen LogP contribution is -2.61. The fourth-order valence-electron chi connectivity index (χ4n) is 4.13. The van der Waals surface area contributed by atoms with E-state index in [1.165, 1.54) is 11.3 Å². The molecule has 0 aromatic carbocycles. The van der Waals surface area contributed by atoms with Gasteiger partial charge < -0.3 is 14.2 Å². The Morgan fingerprint density at radius 1 is 1.20 bits per heavy atom. The van der Waals surface area contributed by atoms with Gasteiger partial charge in [0.2, 0.25) is 0 Å². The van der Waals surface area contributed by atoms with Crippen molar-refractivity contribution in [3.05, 3.63) is 35.2 Å². The summed E-state index contributed by atoms with van der Waals surface area (Å²) in [5.41, 5.74) is 3.57. The molecule has 1 N–H and O–H groups in total. The molecule has 25 heavy (non-hydrogen) atoms. The van der Waals surface area contributed by atoms with Crippen molar-refractivity contribution in [2.75, 3.05) is 32.8 Å². The zero-order valence-electron chi connectivity index (χ0n) is 15.1. The number of hydrogen-bond donors (Lipinski definition) is 1. The lowest BCUT2D eigenvalue weighted by molar-refractivity contribution is -0.0998. The molecule has 1 spiro atoms. The number of aryl methyl sites for hydroxylation is 2. The molecule has 0 bridgehead atoms. The highest BCUT2D eigenvalue weighted by Crippen LogP contribution is 2.34. The average Bonchev–Trinajstić information content (AvgIpc) is 3.24. The molecule has 2 aliphatic heterocycles. The molecule has 7 heteroatoms. The number of H-pyrrole nitrogens is 1. The Kier molecular flexibility index (Phi) is 4.62. The normalized spacial score (nSPS) is 21.8. The third kappa shape index (κ3) is 3.36. The minimum absolute atomic E-state index is 0.138. The Balaban J connectivity index is 1.44. The SMILES string of the molecule is Cc1noc(C)c1CN1CCOCC12CCN(Cc1cnc[nH]1)CC2. The summed E-state index contributed by atoms with van der Waals surface area (Å²) in [5, 5.41) is 4.12. The summed E-state index contributed by atoms with van der Waals surface area (Å²) in [6, 6.07) is 0. The number of hydrogen-bond acceptors (Lipinski definition) is 6. The highest BCUT2D eigenvalue weighted by Gasteiger charge is 2.42. The molecular weight excluding hydrogens is 318 g/mol. The van der Waals surface area contributed by atoms with Crippen LogP contribution in [0.5, 0.6) is 0 Å². The minimum atomic E-state index is 0.138. The molecule has 2 aromatic rings. The number of nitrogens with one attached hydrogen (secondary N) is 1. The summed E-state index contributed by atoms with van der Waals surface area (Å²) in [7, 11) is 0. The van der Waals surface area contributed by atoms with Crippen LogP contribution in [0.1, 0.15) is 35.6 Å². The highest BCUT2D eigenvalue weighted by atomic mass is 16.5. The molecule has 2 aromatic heterocycles. The van der Waals surface area contributed by atoms with Gasteiger partial charge >= 0.3 is 0 Å². The van der Waals surface area contributed by atoms with Crippen LogP contribution in [0.4, 0.5) is 0 Å². The quantitative estimate of drug-likeness (QED) is 0.912. The summed E-state index contributed by atoms with van der Waals surface area (Å²) >= 11 is 0. The van der Waals surface area contributed by atoms with E-state index in [1.807, 2.05) is 20.0 Å². The van der Waals surface area contributed by atoms with Crippen molar-refractivity contribution < 1.29 is 9.26 Å². The van der Waals surface area contributed by atoms with Crippen molar-refractivity contribution in [1.29, 1.82) is 0 Å². The number of rotatable bonds is 4. The van der Waals surface area contributed by atoms with Crippen LogP contribution in [0, 0.1) is 13.8 Å². The van der Waals surface area contributed by atoms with Gasteiger partial charge in [0.25, 0.3) is 0 Å². The number of aromatic nitrogens is 3. The number of piperidine rings is 1. The van der Waals surface area contributed by atoms with Crippen molar-refractivity contribution in [1.82, 2.24) is 24.9 Å². The van der Waals surface area contributed by atoms with E-state index in [1.54, 1.807) is 6.33 Å². The van der Waals surface area contributed by atoms with E-state index >= 15 is 0 Å². The smallest absolute Gasteiger partial charge is 0.138 e. The zero-order valence-corrected chi connectivity index (χ0v) is 15.1.